The molecule has 0 fully saturated rings. The summed E-state index contributed by atoms with van der Waals surface area (Å²) in [5.74, 6) is -0.356. The van der Waals surface area contributed by atoms with Crippen molar-refractivity contribution in [1.82, 2.24) is 4.98 Å². The Balaban J connectivity index is 2.15. The van der Waals surface area contributed by atoms with Gasteiger partial charge in [0.2, 0.25) is 0 Å². The third kappa shape index (κ3) is 4.15. The monoisotopic (exact) mass is 297 g/mol. The first kappa shape index (κ1) is 15.7. The lowest BCUT2D eigenvalue weighted by Crippen LogP contribution is -2.15. The Morgan fingerprint density at radius 2 is 1.86 bits per heavy atom. The molecule has 0 atom stereocenters. The number of hydrogen-bond acceptors (Lipinski definition) is 4. The molecule has 22 heavy (non-hydrogen) atoms. The summed E-state index contributed by atoms with van der Waals surface area (Å²) in [4.78, 5) is 27.7. The van der Waals surface area contributed by atoms with Crippen LogP contribution in [0.3, 0.4) is 0 Å². The van der Waals surface area contributed by atoms with Crippen molar-refractivity contribution < 1.29 is 9.59 Å². The SMILES string of the molecule is CC(=O)c1cccc(NC(=O)c2cc(NC(C)C)ccn2)c1. The van der Waals surface area contributed by atoms with Crippen LogP contribution in [0.1, 0.15) is 41.6 Å². The number of Topliss-reactive ketones (excluding diaryl/α,β-unsaturated/α-hetero) is 1. The minimum absolute atomic E-state index is 0.0441. The van der Waals surface area contributed by atoms with Gasteiger partial charge in [-0.15, -0.1) is 0 Å². The smallest absolute Gasteiger partial charge is 0.274 e. The normalized spacial score (nSPS) is 10.4. The van der Waals surface area contributed by atoms with E-state index >= 15 is 0 Å². The predicted molar refractivity (Wildman–Crippen MR) is 87.4 cm³/mol. The van der Waals surface area contributed by atoms with Gasteiger partial charge in [-0.3, -0.25) is 14.6 Å². The van der Waals surface area contributed by atoms with Crippen LogP contribution in [0.5, 0.6) is 0 Å². The quantitative estimate of drug-likeness (QED) is 0.830. The first-order valence-electron chi connectivity index (χ1n) is 7.10. The molecular formula is C17H19N3O2. The van der Waals surface area contributed by atoms with Crippen LogP contribution in [-0.2, 0) is 0 Å². The van der Waals surface area contributed by atoms with Crippen LogP contribution in [0.15, 0.2) is 42.6 Å². The molecule has 5 heteroatoms. The number of aromatic nitrogens is 1. The van der Waals surface area contributed by atoms with Gasteiger partial charge in [0, 0.05) is 29.2 Å². The number of rotatable bonds is 5. The van der Waals surface area contributed by atoms with Crippen LogP contribution < -0.4 is 10.6 Å². The zero-order valence-corrected chi connectivity index (χ0v) is 12.9. The van der Waals surface area contributed by atoms with Gasteiger partial charge in [-0.25, -0.2) is 0 Å². The van der Waals surface area contributed by atoms with Crippen molar-refractivity contribution >= 4 is 23.1 Å². The summed E-state index contributed by atoms with van der Waals surface area (Å²) >= 11 is 0. The summed E-state index contributed by atoms with van der Waals surface area (Å²) in [6.07, 6.45) is 1.59. The largest absolute Gasteiger partial charge is 0.383 e. The third-order valence-electron chi connectivity index (χ3n) is 2.97. The second-order valence-electron chi connectivity index (χ2n) is 5.32. The molecule has 0 bridgehead atoms. The Morgan fingerprint density at radius 3 is 2.55 bits per heavy atom. The molecule has 0 aliphatic carbocycles. The van der Waals surface area contributed by atoms with Gasteiger partial charge >= 0.3 is 0 Å². The van der Waals surface area contributed by atoms with Crippen molar-refractivity contribution in [2.45, 2.75) is 26.8 Å². The molecule has 0 aliphatic rings. The average molecular weight is 297 g/mol. The second kappa shape index (κ2) is 6.85. The summed E-state index contributed by atoms with van der Waals surface area (Å²) < 4.78 is 0. The van der Waals surface area contributed by atoms with Gasteiger partial charge in [-0.05, 0) is 45.0 Å². The number of nitrogens with one attached hydrogen (secondary N) is 2. The summed E-state index contributed by atoms with van der Waals surface area (Å²) in [7, 11) is 0. The molecule has 0 spiro atoms. The van der Waals surface area contributed by atoms with E-state index in [1.54, 1.807) is 36.5 Å². The highest BCUT2D eigenvalue weighted by Gasteiger charge is 2.10. The summed E-state index contributed by atoms with van der Waals surface area (Å²) in [5, 5.41) is 5.98. The van der Waals surface area contributed by atoms with Crippen LogP contribution >= 0.6 is 0 Å². The molecule has 0 saturated heterocycles. The van der Waals surface area contributed by atoms with Gasteiger partial charge in [0.25, 0.3) is 5.91 Å². The molecule has 1 aromatic heterocycles. The van der Waals surface area contributed by atoms with E-state index < -0.39 is 0 Å². The Labute approximate surface area is 129 Å². The number of carbonyl (C=O) groups is 2. The summed E-state index contributed by atoms with van der Waals surface area (Å²) in [6.45, 7) is 5.53. The van der Waals surface area contributed by atoms with Crippen LogP contribution in [0.25, 0.3) is 0 Å². The fourth-order valence-corrected chi connectivity index (χ4v) is 1.99. The highest BCUT2D eigenvalue weighted by Crippen LogP contribution is 2.14. The zero-order valence-electron chi connectivity index (χ0n) is 12.9. The molecule has 0 unspecified atom stereocenters. The fourth-order valence-electron chi connectivity index (χ4n) is 1.99. The number of hydrogen-bond donors (Lipinski definition) is 2. The van der Waals surface area contributed by atoms with Crippen molar-refractivity contribution in [3.05, 3.63) is 53.9 Å². The predicted octanol–water partition coefficient (Wildman–Crippen LogP) is 3.36. The first-order chi connectivity index (χ1) is 10.5. The lowest BCUT2D eigenvalue weighted by molar-refractivity contribution is 0.100. The van der Waals surface area contributed by atoms with Gasteiger partial charge in [0.1, 0.15) is 5.69 Å². The fraction of sp³-hybridized carbons (Fsp3) is 0.235. The highest BCUT2D eigenvalue weighted by atomic mass is 16.2. The molecule has 2 N–H and O–H groups in total. The number of pyridine rings is 1. The standard InChI is InChI=1S/C17H19N3O2/c1-11(2)19-15-7-8-18-16(10-15)17(22)20-14-6-4-5-13(9-14)12(3)21/h4-11H,1-3H3,(H,18,19)(H,20,22). The molecule has 0 saturated carbocycles. The average Bonchev–Trinajstić information content (AvgIpc) is 2.47. The lowest BCUT2D eigenvalue weighted by atomic mass is 10.1. The third-order valence-corrected chi connectivity index (χ3v) is 2.97. The minimum atomic E-state index is -0.312. The van der Waals surface area contributed by atoms with Gasteiger partial charge < -0.3 is 10.6 Å². The second-order valence-corrected chi connectivity index (χ2v) is 5.32. The Hall–Kier alpha value is -2.69. The first-order valence-corrected chi connectivity index (χ1v) is 7.10. The van der Waals surface area contributed by atoms with Gasteiger partial charge in [0.15, 0.2) is 5.78 Å². The van der Waals surface area contributed by atoms with E-state index in [0.29, 0.717) is 16.9 Å². The number of amides is 1. The number of nitrogens with zero attached hydrogens (tertiary/aromatic N) is 1. The molecule has 5 nitrogen and oxygen atoms in total. The van der Waals surface area contributed by atoms with E-state index in [1.807, 2.05) is 19.9 Å². The molecule has 114 valence electrons. The zero-order chi connectivity index (χ0) is 16.1. The Morgan fingerprint density at radius 1 is 1.09 bits per heavy atom. The van der Waals surface area contributed by atoms with Crippen molar-refractivity contribution in [2.75, 3.05) is 10.6 Å². The Kier molecular flexibility index (Phi) is 4.88. The molecule has 2 aromatic rings. The van der Waals surface area contributed by atoms with Gasteiger partial charge in [-0.1, -0.05) is 12.1 Å². The summed E-state index contributed by atoms with van der Waals surface area (Å²) in [6, 6.07) is 10.6. The van der Waals surface area contributed by atoms with E-state index in [9.17, 15) is 9.59 Å². The van der Waals surface area contributed by atoms with Gasteiger partial charge in [-0.2, -0.15) is 0 Å². The van der Waals surface area contributed by atoms with Crippen LogP contribution in [0.4, 0.5) is 11.4 Å². The van der Waals surface area contributed by atoms with Crippen molar-refractivity contribution in [3.63, 3.8) is 0 Å². The molecule has 0 radical (unpaired) electrons. The van der Waals surface area contributed by atoms with E-state index in [2.05, 4.69) is 15.6 Å². The Bertz CT molecular complexity index is 696. The van der Waals surface area contributed by atoms with Gasteiger partial charge in [0.05, 0.1) is 0 Å². The highest BCUT2D eigenvalue weighted by molar-refractivity contribution is 6.04. The number of carbonyl (C=O) groups excluding carboxylic acids is 2. The molecule has 0 aliphatic heterocycles. The number of anilines is 2. The van der Waals surface area contributed by atoms with E-state index in [0.717, 1.165) is 5.69 Å². The van der Waals surface area contributed by atoms with E-state index in [1.165, 1.54) is 6.92 Å². The minimum Gasteiger partial charge on any atom is -0.383 e. The molecular weight excluding hydrogens is 278 g/mol. The molecule has 1 amide bonds. The number of ketones is 1. The number of benzene rings is 1. The van der Waals surface area contributed by atoms with Crippen molar-refractivity contribution in [1.29, 1.82) is 0 Å². The van der Waals surface area contributed by atoms with E-state index in [4.69, 9.17) is 0 Å². The molecule has 1 aromatic carbocycles. The molecule has 2 rings (SSSR count). The lowest BCUT2D eigenvalue weighted by Gasteiger charge is -2.11. The van der Waals surface area contributed by atoms with E-state index in [-0.39, 0.29) is 17.7 Å². The van der Waals surface area contributed by atoms with Crippen LogP contribution in [0.2, 0.25) is 0 Å². The maximum Gasteiger partial charge on any atom is 0.274 e. The van der Waals surface area contributed by atoms with Crippen molar-refractivity contribution in [3.8, 4) is 0 Å². The molecule has 1 heterocycles. The van der Waals surface area contributed by atoms with Crippen LogP contribution in [-0.4, -0.2) is 22.7 Å². The van der Waals surface area contributed by atoms with Crippen LogP contribution in [0, 0.1) is 0 Å². The summed E-state index contributed by atoms with van der Waals surface area (Å²) in [5.41, 5.74) is 2.29. The maximum absolute atomic E-state index is 12.2. The maximum atomic E-state index is 12.2. The topological polar surface area (TPSA) is 71.1 Å². The van der Waals surface area contributed by atoms with Crippen molar-refractivity contribution in [2.24, 2.45) is 0 Å².